The van der Waals surface area contributed by atoms with Gasteiger partial charge in [0.15, 0.2) is 0 Å². The van der Waals surface area contributed by atoms with Gasteiger partial charge in [0.1, 0.15) is 17.2 Å². The van der Waals surface area contributed by atoms with Crippen molar-refractivity contribution in [3.8, 4) is 5.75 Å². The molecule has 1 aliphatic rings. The zero-order chi connectivity index (χ0) is 28.1. The highest BCUT2D eigenvalue weighted by Gasteiger charge is 2.33. The lowest BCUT2D eigenvalue weighted by molar-refractivity contribution is -0.274. The van der Waals surface area contributed by atoms with E-state index in [9.17, 15) is 22.8 Å². The van der Waals surface area contributed by atoms with Gasteiger partial charge in [-0.15, -0.1) is 13.2 Å². The van der Waals surface area contributed by atoms with Crippen molar-refractivity contribution in [2.45, 2.75) is 51.6 Å². The van der Waals surface area contributed by atoms with Gasteiger partial charge in [-0.1, -0.05) is 29.8 Å². The van der Waals surface area contributed by atoms with Crippen molar-refractivity contribution in [2.24, 2.45) is 0 Å². The van der Waals surface area contributed by atoms with Gasteiger partial charge in [-0.05, 0) is 39.3 Å². The molecule has 3 heterocycles. The molecule has 206 valence electrons. The van der Waals surface area contributed by atoms with Crippen LogP contribution in [0.15, 0.2) is 41.2 Å². The molecule has 13 heteroatoms. The summed E-state index contributed by atoms with van der Waals surface area (Å²) in [7, 11) is 0. The Kier molecular flexibility index (Phi) is 6.69. The Bertz CT molecular complexity index is 1630. The minimum atomic E-state index is -4.90. The van der Waals surface area contributed by atoms with E-state index in [1.54, 1.807) is 49.9 Å². The van der Waals surface area contributed by atoms with Gasteiger partial charge in [0.2, 0.25) is 0 Å². The molecule has 1 aliphatic heterocycles. The van der Waals surface area contributed by atoms with Crippen molar-refractivity contribution in [1.29, 1.82) is 0 Å². The molecular weight excluding hydrogens is 539 g/mol. The molecule has 1 saturated heterocycles. The molecule has 1 amide bonds. The van der Waals surface area contributed by atoms with E-state index < -0.39 is 23.8 Å². The molecule has 0 aliphatic carbocycles. The molecule has 5 rings (SSSR count). The maximum Gasteiger partial charge on any atom is 0.573 e. The quantitative estimate of drug-likeness (QED) is 0.347. The average molecular weight is 564 g/mol. The SMILES string of the molecule is CC(C)(C)OC(=O)N1CCC(n2nc(Cc3nc4cc(OC(F)(F)F)c(Cl)cc4[nH]3)c3ccccc3c2=O)C1. The molecule has 1 atom stereocenters. The van der Waals surface area contributed by atoms with Crippen LogP contribution in [0.25, 0.3) is 21.8 Å². The number of likely N-dealkylation sites (tertiary alicyclic amines) is 1. The fraction of sp³-hybridized carbons (Fsp3) is 0.385. The maximum atomic E-state index is 13.4. The van der Waals surface area contributed by atoms with Crippen LogP contribution >= 0.6 is 11.6 Å². The molecule has 0 saturated carbocycles. The van der Waals surface area contributed by atoms with Crippen molar-refractivity contribution in [3.05, 3.63) is 63.3 Å². The Morgan fingerprint density at radius 2 is 1.90 bits per heavy atom. The lowest BCUT2D eigenvalue weighted by atomic mass is 10.1. The number of benzene rings is 2. The molecule has 0 bridgehead atoms. The van der Waals surface area contributed by atoms with Gasteiger partial charge in [-0.3, -0.25) is 4.79 Å². The van der Waals surface area contributed by atoms with Gasteiger partial charge >= 0.3 is 12.5 Å². The smallest absolute Gasteiger partial charge is 0.444 e. The van der Waals surface area contributed by atoms with Crippen LogP contribution in [0.1, 0.15) is 44.8 Å². The molecular formula is C26H25ClF3N5O4. The second-order valence-corrected chi connectivity index (χ2v) is 10.7. The summed E-state index contributed by atoms with van der Waals surface area (Å²) >= 11 is 5.98. The number of hydrogen-bond acceptors (Lipinski definition) is 6. The predicted octanol–water partition coefficient (Wildman–Crippen LogP) is 5.60. The van der Waals surface area contributed by atoms with Crippen LogP contribution in [0.3, 0.4) is 0 Å². The van der Waals surface area contributed by atoms with Crippen LogP contribution in [-0.4, -0.2) is 55.8 Å². The zero-order valence-electron chi connectivity index (χ0n) is 21.3. The first-order chi connectivity index (χ1) is 18.3. The number of nitrogens with one attached hydrogen (secondary N) is 1. The Hall–Kier alpha value is -3.80. The van der Waals surface area contributed by atoms with E-state index in [0.717, 1.165) is 6.07 Å². The number of hydrogen-bond donors (Lipinski definition) is 1. The molecule has 2 aromatic carbocycles. The van der Waals surface area contributed by atoms with Crippen LogP contribution < -0.4 is 10.3 Å². The lowest BCUT2D eigenvalue weighted by Crippen LogP contribution is -2.36. The highest BCUT2D eigenvalue weighted by Crippen LogP contribution is 2.33. The Morgan fingerprint density at radius 3 is 2.59 bits per heavy atom. The van der Waals surface area contributed by atoms with E-state index >= 15 is 0 Å². The van der Waals surface area contributed by atoms with Crippen LogP contribution in [0.4, 0.5) is 18.0 Å². The summed E-state index contributed by atoms with van der Waals surface area (Å²) in [5, 5.41) is 5.53. The number of alkyl halides is 3. The van der Waals surface area contributed by atoms with Crippen molar-refractivity contribution >= 4 is 39.5 Å². The summed E-state index contributed by atoms with van der Waals surface area (Å²) in [6, 6.07) is 9.09. The number of ether oxygens (including phenoxy) is 2. The molecule has 2 aromatic heterocycles. The number of imidazole rings is 1. The summed E-state index contributed by atoms with van der Waals surface area (Å²) in [5.74, 6) is -0.141. The first-order valence-electron chi connectivity index (χ1n) is 12.2. The number of nitrogens with zero attached hydrogens (tertiary/aromatic N) is 4. The van der Waals surface area contributed by atoms with E-state index in [-0.39, 0.29) is 35.1 Å². The van der Waals surface area contributed by atoms with Crippen molar-refractivity contribution in [1.82, 2.24) is 24.6 Å². The molecule has 0 spiro atoms. The minimum Gasteiger partial charge on any atom is -0.444 e. The molecule has 1 unspecified atom stereocenters. The molecule has 9 nitrogen and oxygen atoms in total. The standard InChI is InChI=1S/C26H25ClF3N5O4/c1-25(2,3)39-24(37)34-9-8-14(13-34)35-23(36)16-7-5-4-6-15(16)18(33-35)12-22-31-19-10-17(27)21(11-20(19)32-22)38-26(28,29)30/h4-7,10-11,14H,8-9,12-13H2,1-3H3,(H,31,32). The van der Waals surface area contributed by atoms with E-state index in [0.29, 0.717) is 40.8 Å². The van der Waals surface area contributed by atoms with E-state index in [1.807, 2.05) is 0 Å². The lowest BCUT2D eigenvalue weighted by Gasteiger charge is -2.24. The number of rotatable bonds is 4. The third kappa shape index (κ3) is 5.80. The number of fused-ring (bicyclic) bond motifs is 2. The van der Waals surface area contributed by atoms with Gasteiger partial charge in [0, 0.05) is 24.5 Å². The third-order valence-corrected chi connectivity index (χ3v) is 6.51. The predicted molar refractivity (Wildman–Crippen MR) is 138 cm³/mol. The number of H-pyrrole nitrogens is 1. The average Bonchev–Trinajstić information content (AvgIpc) is 3.46. The number of amides is 1. The van der Waals surface area contributed by atoms with Crippen LogP contribution in [-0.2, 0) is 11.2 Å². The maximum absolute atomic E-state index is 13.4. The Morgan fingerprint density at radius 1 is 1.18 bits per heavy atom. The molecule has 1 N–H and O–H groups in total. The highest BCUT2D eigenvalue weighted by molar-refractivity contribution is 6.32. The van der Waals surface area contributed by atoms with E-state index in [4.69, 9.17) is 16.3 Å². The van der Waals surface area contributed by atoms with E-state index in [1.165, 1.54) is 10.7 Å². The highest BCUT2D eigenvalue weighted by atomic mass is 35.5. The van der Waals surface area contributed by atoms with Gasteiger partial charge < -0.3 is 19.4 Å². The Labute approximate surface area is 225 Å². The zero-order valence-corrected chi connectivity index (χ0v) is 22.1. The Balaban J connectivity index is 1.48. The monoisotopic (exact) mass is 563 g/mol. The second kappa shape index (κ2) is 9.74. The normalized spacial score (nSPS) is 16.3. The molecule has 1 fully saturated rings. The largest absolute Gasteiger partial charge is 0.573 e. The van der Waals surface area contributed by atoms with Crippen LogP contribution in [0.5, 0.6) is 5.75 Å². The number of aromatic nitrogens is 4. The number of carbonyl (C=O) groups is 1. The third-order valence-electron chi connectivity index (χ3n) is 6.21. The van der Waals surface area contributed by atoms with Gasteiger partial charge in [0.05, 0.1) is 39.6 Å². The molecule has 4 aromatic rings. The topological polar surface area (TPSA) is 102 Å². The van der Waals surface area contributed by atoms with E-state index in [2.05, 4.69) is 19.8 Å². The number of aromatic amines is 1. The first kappa shape index (κ1) is 26.8. The fourth-order valence-corrected chi connectivity index (χ4v) is 4.80. The van der Waals surface area contributed by atoms with Crippen molar-refractivity contribution in [2.75, 3.05) is 13.1 Å². The van der Waals surface area contributed by atoms with Crippen molar-refractivity contribution in [3.63, 3.8) is 0 Å². The fourth-order valence-electron chi connectivity index (χ4n) is 4.60. The number of halogens is 4. The van der Waals surface area contributed by atoms with Gasteiger partial charge in [-0.25, -0.2) is 14.5 Å². The van der Waals surface area contributed by atoms with Crippen LogP contribution in [0.2, 0.25) is 5.02 Å². The second-order valence-electron chi connectivity index (χ2n) is 10.3. The summed E-state index contributed by atoms with van der Waals surface area (Å²) < 4.78 is 49.0. The summed E-state index contributed by atoms with van der Waals surface area (Å²) in [5.41, 5.74) is 0.270. The first-order valence-corrected chi connectivity index (χ1v) is 12.6. The minimum absolute atomic E-state index is 0.158. The van der Waals surface area contributed by atoms with Gasteiger partial charge in [-0.2, -0.15) is 5.10 Å². The molecule has 39 heavy (non-hydrogen) atoms. The van der Waals surface area contributed by atoms with Crippen LogP contribution in [0, 0.1) is 0 Å². The summed E-state index contributed by atoms with van der Waals surface area (Å²) in [6.07, 6.45) is -4.67. The summed E-state index contributed by atoms with van der Waals surface area (Å²) in [6.45, 7) is 6.05. The number of carbonyl (C=O) groups excluding carboxylic acids is 1. The van der Waals surface area contributed by atoms with Crippen molar-refractivity contribution < 1.29 is 27.4 Å². The summed E-state index contributed by atoms with van der Waals surface area (Å²) in [4.78, 5) is 35.0. The molecule has 0 radical (unpaired) electrons. The van der Waals surface area contributed by atoms with Gasteiger partial charge in [0.25, 0.3) is 5.56 Å².